The van der Waals surface area contributed by atoms with Gasteiger partial charge < -0.3 is 24.8 Å². The predicted molar refractivity (Wildman–Crippen MR) is 135 cm³/mol. The smallest absolute Gasteiger partial charge is 0.226 e. The number of hydrogen-bond acceptors (Lipinski definition) is 4. The summed E-state index contributed by atoms with van der Waals surface area (Å²) < 4.78 is 21.3. The van der Waals surface area contributed by atoms with E-state index >= 15 is 0 Å². The fourth-order valence-electron chi connectivity index (χ4n) is 4.82. The number of nitrogens with zero attached hydrogens (tertiary/aromatic N) is 3. The lowest BCUT2D eigenvalue weighted by Crippen LogP contribution is -2.33. The Morgan fingerprint density at radius 2 is 2.06 bits per heavy atom. The van der Waals surface area contributed by atoms with Crippen LogP contribution in [-0.2, 0) is 16.1 Å². The summed E-state index contributed by atoms with van der Waals surface area (Å²) >= 11 is 5.73. The first-order valence-corrected chi connectivity index (χ1v) is 12.3. The Labute approximate surface area is 209 Å². The van der Waals surface area contributed by atoms with Crippen molar-refractivity contribution in [3.8, 4) is 0 Å². The highest BCUT2D eigenvalue weighted by molar-refractivity contribution is 7.80. The lowest BCUT2D eigenvalue weighted by Gasteiger charge is -2.29. The molecule has 0 unspecified atom stereocenters. The van der Waals surface area contributed by atoms with Crippen molar-refractivity contribution in [1.29, 1.82) is 0 Å². The molecule has 5 rings (SSSR count). The number of pyridine rings is 1. The van der Waals surface area contributed by atoms with Gasteiger partial charge in [0.05, 0.1) is 23.9 Å². The quantitative estimate of drug-likeness (QED) is 0.459. The van der Waals surface area contributed by atoms with E-state index in [4.69, 9.17) is 17.0 Å². The van der Waals surface area contributed by atoms with Gasteiger partial charge in [0.25, 0.3) is 0 Å². The van der Waals surface area contributed by atoms with Crippen LogP contribution in [0.2, 0.25) is 0 Å². The van der Waals surface area contributed by atoms with E-state index in [1.165, 1.54) is 12.1 Å². The Balaban J connectivity index is 1.36. The van der Waals surface area contributed by atoms with Crippen LogP contribution in [0.25, 0.3) is 0 Å². The number of rotatable bonds is 8. The molecule has 2 fully saturated rings. The van der Waals surface area contributed by atoms with Gasteiger partial charge in [0.2, 0.25) is 5.91 Å². The minimum absolute atomic E-state index is 0.132. The van der Waals surface area contributed by atoms with Crippen LogP contribution in [0.4, 0.5) is 10.1 Å². The average Bonchev–Trinajstić information content (AvgIpc) is 3.61. The molecule has 2 aliphatic rings. The van der Waals surface area contributed by atoms with Crippen LogP contribution in [-0.4, -0.2) is 44.7 Å². The van der Waals surface area contributed by atoms with Gasteiger partial charge in [-0.05, 0) is 73.6 Å². The first-order chi connectivity index (χ1) is 17.1. The molecule has 2 N–H and O–H groups in total. The van der Waals surface area contributed by atoms with Crippen molar-refractivity contribution in [2.75, 3.05) is 18.5 Å². The molecule has 1 amide bonds. The van der Waals surface area contributed by atoms with Gasteiger partial charge in [0.1, 0.15) is 5.82 Å². The first-order valence-electron chi connectivity index (χ1n) is 11.9. The van der Waals surface area contributed by atoms with Crippen LogP contribution < -0.4 is 10.6 Å². The normalized spacial score (nSPS) is 21.8. The van der Waals surface area contributed by atoms with Crippen LogP contribution in [0.5, 0.6) is 0 Å². The predicted octanol–water partition coefficient (Wildman–Crippen LogP) is 4.20. The fraction of sp³-hybridized carbons (Fsp3) is 0.346. The standard InChI is InChI=1S/C26H28FN5O2S/c27-18-8-10-19(11-9-18)29-23(33)12-15-32-25(24(30-26(32)35)21-6-1-2-13-28-21)22-7-3-14-31(22)17-20-5-4-16-34-20/h1-3,6-11,13-14,20,24-25H,4-5,12,15-17H2,(H,29,33)(H,30,35)/t20-,24-,25+/m0/s1. The summed E-state index contributed by atoms with van der Waals surface area (Å²) in [5.74, 6) is -0.500. The minimum atomic E-state index is -0.342. The van der Waals surface area contributed by atoms with Crippen molar-refractivity contribution >= 4 is 28.9 Å². The number of thiocarbonyl (C=S) groups is 1. The fourth-order valence-corrected chi connectivity index (χ4v) is 5.15. The number of halogens is 1. The number of amides is 1. The summed E-state index contributed by atoms with van der Waals surface area (Å²) in [5, 5.41) is 6.85. The van der Waals surface area contributed by atoms with E-state index in [0.717, 1.165) is 37.4 Å². The van der Waals surface area contributed by atoms with Crippen LogP contribution in [0.15, 0.2) is 67.0 Å². The lowest BCUT2D eigenvalue weighted by molar-refractivity contribution is -0.116. The zero-order chi connectivity index (χ0) is 24.2. The number of benzene rings is 1. The zero-order valence-corrected chi connectivity index (χ0v) is 20.1. The number of anilines is 1. The maximum atomic E-state index is 13.2. The molecule has 7 nitrogen and oxygen atoms in total. The number of carbonyl (C=O) groups excluding carboxylic acids is 1. The first kappa shape index (κ1) is 23.4. The van der Waals surface area contributed by atoms with E-state index < -0.39 is 0 Å². The molecule has 3 atom stereocenters. The van der Waals surface area contributed by atoms with Crippen molar-refractivity contribution in [2.24, 2.45) is 0 Å². The van der Waals surface area contributed by atoms with Gasteiger partial charge in [0, 0.05) is 49.9 Å². The highest BCUT2D eigenvalue weighted by Gasteiger charge is 2.41. The highest BCUT2D eigenvalue weighted by Crippen LogP contribution is 2.39. The molecule has 0 aliphatic carbocycles. The molecule has 182 valence electrons. The van der Waals surface area contributed by atoms with E-state index in [9.17, 15) is 9.18 Å². The summed E-state index contributed by atoms with van der Waals surface area (Å²) in [6.45, 7) is 2.01. The van der Waals surface area contributed by atoms with E-state index in [-0.39, 0.29) is 36.3 Å². The third kappa shape index (κ3) is 5.36. The van der Waals surface area contributed by atoms with Crippen LogP contribution in [0.1, 0.15) is 42.7 Å². The zero-order valence-electron chi connectivity index (χ0n) is 19.3. The Kier molecular flexibility index (Phi) is 7.06. The van der Waals surface area contributed by atoms with E-state index in [0.29, 0.717) is 17.3 Å². The van der Waals surface area contributed by atoms with E-state index in [2.05, 4.69) is 37.3 Å². The van der Waals surface area contributed by atoms with Gasteiger partial charge in [-0.3, -0.25) is 9.78 Å². The van der Waals surface area contributed by atoms with Gasteiger partial charge >= 0.3 is 0 Å². The van der Waals surface area contributed by atoms with Crippen molar-refractivity contribution in [3.05, 3.63) is 84.2 Å². The molecule has 3 aromatic rings. The molecule has 2 aliphatic heterocycles. The molecule has 0 radical (unpaired) electrons. The molecule has 0 bridgehead atoms. The lowest BCUT2D eigenvalue weighted by atomic mass is 10.0. The van der Waals surface area contributed by atoms with Gasteiger partial charge in [-0.1, -0.05) is 6.07 Å². The molecule has 1 aromatic carbocycles. The summed E-state index contributed by atoms with van der Waals surface area (Å²) in [6, 6.07) is 15.5. The van der Waals surface area contributed by atoms with Gasteiger partial charge in [-0.15, -0.1) is 0 Å². The third-order valence-electron chi connectivity index (χ3n) is 6.50. The van der Waals surface area contributed by atoms with Crippen LogP contribution >= 0.6 is 12.2 Å². The maximum Gasteiger partial charge on any atom is 0.226 e. The monoisotopic (exact) mass is 493 g/mol. The van der Waals surface area contributed by atoms with Crippen LogP contribution in [0.3, 0.4) is 0 Å². The van der Waals surface area contributed by atoms with Gasteiger partial charge in [0.15, 0.2) is 5.11 Å². The molecule has 0 saturated carbocycles. The van der Waals surface area contributed by atoms with Crippen molar-refractivity contribution in [2.45, 2.75) is 44.0 Å². The largest absolute Gasteiger partial charge is 0.376 e. The Morgan fingerprint density at radius 1 is 1.20 bits per heavy atom. The Bertz CT molecular complexity index is 1160. The molecular formula is C26H28FN5O2S. The molecule has 0 spiro atoms. The molecule has 4 heterocycles. The number of ether oxygens (including phenoxy) is 1. The number of nitrogens with one attached hydrogen (secondary N) is 2. The summed E-state index contributed by atoms with van der Waals surface area (Å²) in [4.78, 5) is 19.3. The Morgan fingerprint density at radius 3 is 2.80 bits per heavy atom. The topological polar surface area (TPSA) is 71.4 Å². The second-order valence-electron chi connectivity index (χ2n) is 8.85. The van der Waals surface area contributed by atoms with E-state index in [1.807, 2.05) is 24.3 Å². The number of hydrogen-bond donors (Lipinski definition) is 2. The third-order valence-corrected chi connectivity index (χ3v) is 6.85. The number of aromatic nitrogens is 2. The van der Waals surface area contributed by atoms with Gasteiger partial charge in [-0.2, -0.15) is 0 Å². The molecule has 2 aromatic heterocycles. The second kappa shape index (κ2) is 10.5. The van der Waals surface area contributed by atoms with E-state index in [1.54, 1.807) is 18.3 Å². The summed E-state index contributed by atoms with van der Waals surface area (Å²) in [7, 11) is 0. The summed E-state index contributed by atoms with van der Waals surface area (Å²) in [6.07, 6.45) is 6.43. The van der Waals surface area contributed by atoms with Crippen molar-refractivity contribution in [3.63, 3.8) is 0 Å². The van der Waals surface area contributed by atoms with Gasteiger partial charge in [-0.25, -0.2) is 4.39 Å². The minimum Gasteiger partial charge on any atom is -0.376 e. The molecule has 9 heteroatoms. The molecule has 2 saturated heterocycles. The second-order valence-corrected chi connectivity index (χ2v) is 9.23. The van der Waals surface area contributed by atoms with Crippen LogP contribution in [0, 0.1) is 5.82 Å². The number of carbonyl (C=O) groups is 1. The SMILES string of the molecule is O=C(CCN1C(=S)N[C@@H](c2ccccn2)[C@H]1c1cccn1C[C@@H]1CCCO1)Nc1ccc(F)cc1. The molecule has 35 heavy (non-hydrogen) atoms. The summed E-state index contributed by atoms with van der Waals surface area (Å²) in [5.41, 5.74) is 2.55. The average molecular weight is 494 g/mol. The molecular weight excluding hydrogens is 465 g/mol. The van der Waals surface area contributed by atoms with Crippen molar-refractivity contribution < 1.29 is 13.9 Å². The Hall–Kier alpha value is -3.30. The van der Waals surface area contributed by atoms with Crippen molar-refractivity contribution in [1.82, 2.24) is 19.8 Å². The highest BCUT2D eigenvalue weighted by atomic mass is 32.1. The maximum absolute atomic E-state index is 13.2.